The quantitative estimate of drug-likeness (QED) is 0.162. The number of aliphatic hydroxyl groups is 9. The third-order valence-corrected chi connectivity index (χ3v) is 17.6. The summed E-state index contributed by atoms with van der Waals surface area (Å²) in [5.41, 5.74) is -3.16. The van der Waals surface area contributed by atoms with Gasteiger partial charge >= 0.3 is 0 Å². The lowest BCUT2D eigenvalue weighted by atomic mass is 9.41. The number of rotatable bonds is 7. The highest BCUT2D eigenvalue weighted by Gasteiger charge is 2.85. The number of hydrogen-bond acceptors (Lipinski definition) is 14. The lowest BCUT2D eigenvalue weighted by molar-refractivity contribution is -0.339. The zero-order valence-electron chi connectivity index (χ0n) is 33.6. The maximum Gasteiger partial charge on any atom is 0.186 e. The van der Waals surface area contributed by atoms with Gasteiger partial charge in [-0.05, 0) is 117 Å². The van der Waals surface area contributed by atoms with E-state index in [0.717, 1.165) is 32.1 Å². The zero-order chi connectivity index (χ0) is 40.1. The lowest BCUT2D eigenvalue weighted by Gasteiger charge is -2.65. The van der Waals surface area contributed by atoms with E-state index in [1.54, 1.807) is 13.8 Å². The molecule has 0 amide bonds. The van der Waals surface area contributed by atoms with Gasteiger partial charge in [-0.15, -0.1) is 0 Å². The molecule has 14 heteroatoms. The zero-order valence-corrected chi connectivity index (χ0v) is 33.6. The summed E-state index contributed by atoms with van der Waals surface area (Å²) in [5.74, 6) is -0.215. The van der Waals surface area contributed by atoms with Gasteiger partial charge in [0.15, 0.2) is 12.6 Å². The van der Waals surface area contributed by atoms with Gasteiger partial charge in [-0.3, -0.25) is 0 Å². The highest BCUT2D eigenvalue weighted by molar-refractivity contribution is 5.33. The van der Waals surface area contributed by atoms with Crippen molar-refractivity contribution in [1.29, 1.82) is 0 Å². The van der Waals surface area contributed by atoms with Gasteiger partial charge in [-0.2, -0.15) is 0 Å². The summed E-state index contributed by atoms with van der Waals surface area (Å²) in [7, 11) is 0. The van der Waals surface area contributed by atoms with E-state index in [4.69, 9.17) is 23.7 Å². The van der Waals surface area contributed by atoms with Crippen molar-refractivity contribution in [3.05, 3.63) is 0 Å². The van der Waals surface area contributed by atoms with Crippen LogP contribution in [-0.4, -0.2) is 150 Å². The Labute approximate surface area is 324 Å². The summed E-state index contributed by atoms with van der Waals surface area (Å²) in [6.45, 7) is 13.8. The number of aliphatic hydroxyl groups excluding tert-OH is 8. The predicted molar refractivity (Wildman–Crippen MR) is 194 cm³/mol. The predicted octanol–water partition coefficient (Wildman–Crippen LogP) is 0.724. The average molecular weight is 785 g/mol. The molecule has 316 valence electrons. The normalized spacial score (nSPS) is 58.7. The molecule has 3 aliphatic heterocycles. The van der Waals surface area contributed by atoms with E-state index in [1.807, 2.05) is 0 Å². The fourth-order valence-corrected chi connectivity index (χ4v) is 14.9. The summed E-state index contributed by atoms with van der Waals surface area (Å²) < 4.78 is 31.9. The van der Waals surface area contributed by atoms with E-state index < -0.39 is 96.8 Å². The van der Waals surface area contributed by atoms with Crippen molar-refractivity contribution in [3.63, 3.8) is 0 Å². The van der Waals surface area contributed by atoms with Crippen LogP contribution < -0.4 is 0 Å². The molecule has 3 saturated heterocycles. The average Bonchev–Trinajstić information content (AvgIpc) is 3.47. The Morgan fingerprint density at radius 3 is 2.05 bits per heavy atom. The van der Waals surface area contributed by atoms with Crippen LogP contribution in [0.2, 0.25) is 0 Å². The summed E-state index contributed by atoms with van der Waals surface area (Å²) in [6.07, 6.45) is -7.48. The summed E-state index contributed by atoms with van der Waals surface area (Å²) in [4.78, 5) is 0. The van der Waals surface area contributed by atoms with Gasteiger partial charge < -0.3 is 69.6 Å². The van der Waals surface area contributed by atoms with Crippen molar-refractivity contribution in [2.24, 2.45) is 44.8 Å². The first-order chi connectivity index (χ1) is 25.5. The van der Waals surface area contributed by atoms with Gasteiger partial charge in [0.1, 0.15) is 42.7 Å². The van der Waals surface area contributed by atoms with Gasteiger partial charge in [0.05, 0.1) is 48.8 Å². The first-order valence-electron chi connectivity index (χ1n) is 20.9. The Hall–Kier alpha value is -0.560. The molecule has 8 rings (SSSR count). The second kappa shape index (κ2) is 13.2. The topological polar surface area (TPSA) is 228 Å². The molecular formula is C41H68O14. The van der Waals surface area contributed by atoms with Crippen molar-refractivity contribution in [1.82, 2.24) is 0 Å². The Kier molecular flexibility index (Phi) is 9.90. The smallest absolute Gasteiger partial charge is 0.186 e. The minimum absolute atomic E-state index is 0.0633. The van der Waals surface area contributed by atoms with E-state index in [9.17, 15) is 46.0 Å². The standard InChI is InChI=1S/C41H68O14/c1-35(2)24(54-33-29(48)26(45)20(44)17-51-33)9-11-41-18-40(41)13-12-37(5)31(39(7)10-8-25(55-39)36(3,4)50)19(43)15-38(37,6)23(40)14-21(32(35)41)52-34-30(49)28(47)27(46)22(16-42)53-34/h19-34,42-50H,8-18H2,1-7H3/t19-,20+,21-,22+,23-,24-,25+,26-,27+,28-,29+,30+,31-,32-,33-,34+,37+,38-,39-,40-,41+/m1/s1. The summed E-state index contributed by atoms with van der Waals surface area (Å²) >= 11 is 0. The van der Waals surface area contributed by atoms with Gasteiger partial charge in [0.2, 0.25) is 0 Å². The van der Waals surface area contributed by atoms with Crippen LogP contribution in [0.3, 0.4) is 0 Å². The molecule has 8 fully saturated rings. The monoisotopic (exact) mass is 784 g/mol. The van der Waals surface area contributed by atoms with Crippen LogP contribution in [0.15, 0.2) is 0 Å². The van der Waals surface area contributed by atoms with Gasteiger partial charge in [-0.25, -0.2) is 0 Å². The van der Waals surface area contributed by atoms with Crippen molar-refractivity contribution in [2.75, 3.05) is 13.2 Å². The highest BCUT2D eigenvalue weighted by Crippen LogP contribution is 2.89. The van der Waals surface area contributed by atoms with Crippen LogP contribution in [0.4, 0.5) is 0 Å². The van der Waals surface area contributed by atoms with Crippen LogP contribution in [0.1, 0.15) is 106 Å². The third kappa shape index (κ3) is 5.70. The van der Waals surface area contributed by atoms with Crippen LogP contribution in [-0.2, 0) is 23.7 Å². The molecule has 14 nitrogen and oxygen atoms in total. The van der Waals surface area contributed by atoms with Crippen LogP contribution >= 0.6 is 0 Å². The minimum atomic E-state index is -1.60. The molecule has 55 heavy (non-hydrogen) atoms. The fraction of sp³-hybridized carbons (Fsp3) is 1.00. The van der Waals surface area contributed by atoms with Crippen molar-refractivity contribution < 1.29 is 69.6 Å². The maximum absolute atomic E-state index is 12.2. The Balaban J connectivity index is 1.15. The molecule has 0 aromatic heterocycles. The first kappa shape index (κ1) is 41.2. The molecular weight excluding hydrogens is 716 g/mol. The second-order valence-corrected chi connectivity index (χ2v) is 21.1. The van der Waals surface area contributed by atoms with Crippen LogP contribution in [0.25, 0.3) is 0 Å². The van der Waals surface area contributed by atoms with Crippen molar-refractivity contribution in [2.45, 2.75) is 197 Å². The first-order valence-corrected chi connectivity index (χ1v) is 20.9. The Morgan fingerprint density at radius 1 is 0.709 bits per heavy atom. The van der Waals surface area contributed by atoms with Gasteiger partial charge in [0.25, 0.3) is 0 Å². The largest absolute Gasteiger partial charge is 0.394 e. The van der Waals surface area contributed by atoms with E-state index in [1.165, 1.54) is 0 Å². The Bertz CT molecular complexity index is 1460. The van der Waals surface area contributed by atoms with E-state index in [0.29, 0.717) is 25.7 Å². The number of ether oxygens (including phenoxy) is 5. The highest BCUT2D eigenvalue weighted by atomic mass is 16.7. The SMILES string of the molecule is CC(C)(O)[C@@H]1CC[C@](C)([C@@H]2[C@H](O)C[C@]3(C)[C@H]4C[C@@H](O[C@H]5O[C@@H](CO)[C@H](O)[C@@H](O)[C@@H]5O)[C@@H]5C(C)(C)[C@H](O[C@H]6OC[C@H](O)[C@@H](O)[C@@H]6O)CC[C@]56C[C@]46CC[C@@]23C)O1. The molecule has 21 atom stereocenters. The molecule has 0 unspecified atom stereocenters. The molecule has 5 saturated carbocycles. The Morgan fingerprint density at radius 2 is 1.40 bits per heavy atom. The summed E-state index contributed by atoms with van der Waals surface area (Å²) in [5, 5.41) is 97.2. The molecule has 0 aromatic rings. The molecule has 8 aliphatic rings. The molecule has 5 aliphatic carbocycles. The van der Waals surface area contributed by atoms with Crippen LogP contribution in [0, 0.1) is 44.8 Å². The van der Waals surface area contributed by atoms with Crippen LogP contribution in [0.5, 0.6) is 0 Å². The summed E-state index contributed by atoms with van der Waals surface area (Å²) in [6, 6.07) is 0. The van der Waals surface area contributed by atoms with Crippen molar-refractivity contribution >= 4 is 0 Å². The van der Waals surface area contributed by atoms with Gasteiger partial charge in [0, 0.05) is 5.92 Å². The molecule has 0 bridgehead atoms. The molecule has 9 N–H and O–H groups in total. The molecule has 3 heterocycles. The third-order valence-electron chi connectivity index (χ3n) is 17.6. The number of fused-ring (bicyclic) bond motifs is 2. The maximum atomic E-state index is 12.2. The molecule has 0 radical (unpaired) electrons. The lowest BCUT2D eigenvalue weighted by Crippen LogP contribution is -2.65. The van der Waals surface area contributed by atoms with E-state index in [-0.39, 0.29) is 52.1 Å². The van der Waals surface area contributed by atoms with E-state index in [2.05, 4.69) is 34.6 Å². The molecule has 0 aromatic carbocycles. The second-order valence-electron chi connectivity index (χ2n) is 21.1. The fourth-order valence-electron chi connectivity index (χ4n) is 14.9. The van der Waals surface area contributed by atoms with E-state index >= 15 is 0 Å². The van der Waals surface area contributed by atoms with Gasteiger partial charge in [-0.1, -0.05) is 27.7 Å². The van der Waals surface area contributed by atoms with Crippen molar-refractivity contribution in [3.8, 4) is 0 Å². The minimum Gasteiger partial charge on any atom is -0.394 e. The molecule has 2 spiro atoms. The number of hydrogen-bond donors (Lipinski definition) is 9.